The Morgan fingerprint density at radius 2 is 1.84 bits per heavy atom. The van der Waals surface area contributed by atoms with E-state index in [2.05, 4.69) is 19.2 Å². The van der Waals surface area contributed by atoms with Crippen molar-refractivity contribution in [3.8, 4) is 11.5 Å². The Balaban J connectivity index is 1.96. The summed E-state index contributed by atoms with van der Waals surface area (Å²) in [6, 6.07) is 5.78. The average Bonchev–Trinajstić information content (AvgIpc) is 2.75. The highest BCUT2D eigenvalue weighted by molar-refractivity contribution is 5.53. The molecule has 1 atom stereocenters. The van der Waals surface area contributed by atoms with Crippen LogP contribution >= 0.6 is 0 Å². The van der Waals surface area contributed by atoms with E-state index in [1.807, 2.05) is 18.2 Å². The Morgan fingerprint density at radius 3 is 2.32 bits per heavy atom. The van der Waals surface area contributed by atoms with E-state index in [9.17, 15) is 0 Å². The Hall–Kier alpha value is -1.42. The van der Waals surface area contributed by atoms with E-state index in [-0.39, 0.29) is 11.7 Å². The van der Waals surface area contributed by atoms with E-state index in [4.69, 9.17) is 14.2 Å². The summed E-state index contributed by atoms with van der Waals surface area (Å²) in [5.41, 5.74) is 1.00. The van der Waals surface area contributed by atoms with E-state index >= 15 is 0 Å². The van der Waals surface area contributed by atoms with Crippen molar-refractivity contribution in [3.63, 3.8) is 0 Å². The number of rotatable bonds is 5. The van der Waals surface area contributed by atoms with Crippen LogP contribution in [-0.2, 0) is 4.74 Å². The summed E-state index contributed by atoms with van der Waals surface area (Å²) in [5, 5.41) is 3.39. The molecular formula is C15H23NO3. The van der Waals surface area contributed by atoms with Gasteiger partial charge in [0.15, 0.2) is 0 Å². The number of nitrogens with one attached hydrogen (secondary N) is 1. The summed E-state index contributed by atoms with van der Waals surface area (Å²) < 4.78 is 16.5. The molecule has 0 aromatic heterocycles. The topological polar surface area (TPSA) is 39.7 Å². The van der Waals surface area contributed by atoms with Gasteiger partial charge in [0.1, 0.15) is 11.5 Å². The van der Waals surface area contributed by atoms with Gasteiger partial charge < -0.3 is 19.5 Å². The van der Waals surface area contributed by atoms with Crippen molar-refractivity contribution in [2.45, 2.75) is 38.4 Å². The van der Waals surface area contributed by atoms with Crippen LogP contribution in [0.3, 0.4) is 0 Å². The Morgan fingerprint density at radius 1 is 1.21 bits per heavy atom. The third-order valence-electron chi connectivity index (χ3n) is 3.44. The van der Waals surface area contributed by atoms with Gasteiger partial charge in [0.25, 0.3) is 0 Å². The number of hydrogen-bond donors (Lipinski definition) is 1. The maximum atomic E-state index is 5.96. The SMILES string of the molecule is COc1cc(NCC2CCC(C)(C)O2)cc(OC)c1. The second-order valence-electron chi connectivity index (χ2n) is 5.52. The first-order valence-corrected chi connectivity index (χ1v) is 6.67. The lowest BCUT2D eigenvalue weighted by molar-refractivity contribution is -0.00911. The summed E-state index contributed by atoms with van der Waals surface area (Å²) in [6.07, 6.45) is 2.48. The lowest BCUT2D eigenvalue weighted by Gasteiger charge is -2.20. The highest BCUT2D eigenvalue weighted by Gasteiger charge is 2.31. The third-order valence-corrected chi connectivity index (χ3v) is 3.44. The van der Waals surface area contributed by atoms with Gasteiger partial charge in [0.2, 0.25) is 0 Å². The minimum absolute atomic E-state index is 0.0123. The quantitative estimate of drug-likeness (QED) is 0.888. The minimum Gasteiger partial charge on any atom is -0.497 e. The van der Waals surface area contributed by atoms with Gasteiger partial charge in [0.05, 0.1) is 25.9 Å². The largest absolute Gasteiger partial charge is 0.497 e. The molecule has 106 valence electrons. The summed E-state index contributed by atoms with van der Waals surface area (Å²) >= 11 is 0. The zero-order valence-electron chi connectivity index (χ0n) is 12.2. The van der Waals surface area contributed by atoms with Crippen molar-refractivity contribution >= 4 is 5.69 Å². The molecule has 0 aliphatic carbocycles. The van der Waals surface area contributed by atoms with E-state index < -0.39 is 0 Å². The lowest BCUT2D eigenvalue weighted by atomic mass is 10.1. The second-order valence-corrected chi connectivity index (χ2v) is 5.52. The van der Waals surface area contributed by atoms with E-state index in [1.54, 1.807) is 14.2 Å². The highest BCUT2D eigenvalue weighted by Crippen LogP contribution is 2.30. The fourth-order valence-electron chi connectivity index (χ4n) is 2.36. The standard InChI is InChI=1S/C15H23NO3/c1-15(2)6-5-12(19-15)10-16-11-7-13(17-3)9-14(8-11)18-4/h7-9,12,16H,5-6,10H2,1-4H3. The fraction of sp³-hybridized carbons (Fsp3) is 0.600. The van der Waals surface area contributed by atoms with Gasteiger partial charge in [-0.2, -0.15) is 0 Å². The van der Waals surface area contributed by atoms with Crippen molar-refractivity contribution in [2.24, 2.45) is 0 Å². The molecule has 0 radical (unpaired) electrons. The summed E-state index contributed by atoms with van der Waals surface area (Å²) in [4.78, 5) is 0. The van der Waals surface area contributed by atoms with Gasteiger partial charge in [-0.05, 0) is 26.7 Å². The number of benzene rings is 1. The normalized spacial score (nSPS) is 21.2. The Bertz CT molecular complexity index is 409. The van der Waals surface area contributed by atoms with Crippen molar-refractivity contribution in [2.75, 3.05) is 26.1 Å². The summed E-state index contributed by atoms with van der Waals surface area (Å²) in [7, 11) is 3.31. The molecule has 1 N–H and O–H groups in total. The number of anilines is 1. The Kier molecular flexibility index (Phi) is 4.20. The molecule has 2 rings (SSSR count). The van der Waals surface area contributed by atoms with Crippen molar-refractivity contribution < 1.29 is 14.2 Å². The first kappa shape index (κ1) is 14.0. The molecule has 1 heterocycles. The summed E-state index contributed by atoms with van der Waals surface area (Å²) in [5.74, 6) is 1.57. The van der Waals surface area contributed by atoms with Crippen LogP contribution in [0.25, 0.3) is 0 Å². The predicted molar refractivity (Wildman–Crippen MR) is 76.2 cm³/mol. The zero-order valence-corrected chi connectivity index (χ0v) is 12.2. The number of methoxy groups -OCH3 is 2. The molecule has 19 heavy (non-hydrogen) atoms. The van der Waals surface area contributed by atoms with Crippen molar-refractivity contribution in [1.29, 1.82) is 0 Å². The molecule has 1 unspecified atom stereocenters. The monoisotopic (exact) mass is 265 g/mol. The van der Waals surface area contributed by atoms with E-state index in [0.29, 0.717) is 0 Å². The molecule has 4 nitrogen and oxygen atoms in total. The molecule has 1 aromatic carbocycles. The van der Waals surface area contributed by atoms with Crippen LogP contribution in [0.2, 0.25) is 0 Å². The molecule has 1 aliphatic heterocycles. The van der Waals surface area contributed by atoms with Gasteiger partial charge in [0, 0.05) is 30.4 Å². The third kappa shape index (κ3) is 3.77. The molecular weight excluding hydrogens is 242 g/mol. The number of ether oxygens (including phenoxy) is 3. The van der Waals surface area contributed by atoms with Gasteiger partial charge in [-0.3, -0.25) is 0 Å². The number of hydrogen-bond acceptors (Lipinski definition) is 4. The fourth-order valence-corrected chi connectivity index (χ4v) is 2.36. The molecule has 4 heteroatoms. The smallest absolute Gasteiger partial charge is 0.124 e. The van der Waals surface area contributed by atoms with Gasteiger partial charge in [-0.1, -0.05) is 0 Å². The van der Waals surface area contributed by atoms with Crippen LogP contribution in [-0.4, -0.2) is 32.5 Å². The minimum atomic E-state index is 0.0123. The summed E-state index contributed by atoms with van der Waals surface area (Å²) in [6.45, 7) is 5.09. The first-order valence-electron chi connectivity index (χ1n) is 6.67. The van der Waals surface area contributed by atoms with E-state index in [1.165, 1.54) is 0 Å². The van der Waals surface area contributed by atoms with Crippen LogP contribution in [0, 0.1) is 0 Å². The van der Waals surface area contributed by atoms with Gasteiger partial charge in [-0.25, -0.2) is 0 Å². The molecule has 0 spiro atoms. The molecule has 0 saturated carbocycles. The molecule has 1 saturated heterocycles. The van der Waals surface area contributed by atoms with Crippen LogP contribution in [0.15, 0.2) is 18.2 Å². The van der Waals surface area contributed by atoms with Crippen LogP contribution < -0.4 is 14.8 Å². The molecule has 1 fully saturated rings. The highest BCUT2D eigenvalue weighted by atomic mass is 16.5. The molecule has 1 aromatic rings. The zero-order chi connectivity index (χ0) is 13.9. The molecule has 0 amide bonds. The van der Waals surface area contributed by atoms with Gasteiger partial charge in [-0.15, -0.1) is 0 Å². The van der Waals surface area contributed by atoms with Crippen LogP contribution in [0.5, 0.6) is 11.5 Å². The first-order chi connectivity index (χ1) is 9.02. The lowest BCUT2D eigenvalue weighted by Crippen LogP contribution is -2.24. The maximum Gasteiger partial charge on any atom is 0.124 e. The second kappa shape index (κ2) is 5.70. The van der Waals surface area contributed by atoms with Crippen LogP contribution in [0.4, 0.5) is 5.69 Å². The average molecular weight is 265 g/mol. The molecule has 0 bridgehead atoms. The maximum absolute atomic E-state index is 5.96. The van der Waals surface area contributed by atoms with Gasteiger partial charge >= 0.3 is 0 Å². The van der Waals surface area contributed by atoms with Crippen molar-refractivity contribution in [1.82, 2.24) is 0 Å². The predicted octanol–water partition coefficient (Wildman–Crippen LogP) is 3.07. The van der Waals surface area contributed by atoms with Crippen LogP contribution in [0.1, 0.15) is 26.7 Å². The Labute approximate surface area is 115 Å². The molecule has 1 aliphatic rings. The van der Waals surface area contributed by atoms with Crippen molar-refractivity contribution in [3.05, 3.63) is 18.2 Å². The van der Waals surface area contributed by atoms with E-state index in [0.717, 1.165) is 36.6 Å².